The van der Waals surface area contributed by atoms with Crippen LogP contribution < -0.4 is 14.8 Å². The van der Waals surface area contributed by atoms with E-state index in [1.54, 1.807) is 14.2 Å². The highest BCUT2D eigenvalue weighted by Crippen LogP contribution is 2.30. The Morgan fingerprint density at radius 2 is 2.00 bits per heavy atom. The van der Waals surface area contributed by atoms with Crippen molar-refractivity contribution in [3.8, 4) is 11.5 Å². The second kappa shape index (κ2) is 8.32. The molecule has 2 aromatic rings. The van der Waals surface area contributed by atoms with Crippen LogP contribution in [0.4, 0.5) is 5.95 Å². The fourth-order valence-electron chi connectivity index (χ4n) is 2.49. The van der Waals surface area contributed by atoms with Gasteiger partial charge in [0.05, 0.1) is 31.5 Å². The van der Waals surface area contributed by atoms with Crippen molar-refractivity contribution in [1.29, 1.82) is 0 Å². The van der Waals surface area contributed by atoms with Gasteiger partial charge in [0, 0.05) is 6.20 Å². The van der Waals surface area contributed by atoms with Crippen molar-refractivity contribution in [2.45, 2.75) is 32.7 Å². The summed E-state index contributed by atoms with van der Waals surface area (Å²) in [6.45, 7) is 3.95. The van der Waals surface area contributed by atoms with Crippen molar-refractivity contribution < 1.29 is 19.4 Å². The molecule has 0 aliphatic heterocycles. The maximum absolute atomic E-state index is 11.3. The average molecular weight is 345 g/mol. The lowest BCUT2D eigenvalue weighted by Gasteiger charge is -2.17. The molecule has 0 amide bonds. The summed E-state index contributed by atoms with van der Waals surface area (Å²) in [4.78, 5) is 19.7. The van der Waals surface area contributed by atoms with Crippen LogP contribution in [0.2, 0.25) is 0 Å². The number of ether oxygens (including phenoxy) is 2. The molecular weight excluding hydrogens is 322 g/mol. The van der Waals surface area contributed by atoms with Crippen LogP contribution in [0.25, 0.3) is 0 Å². The number of hydrogen-bond acceptors (Lipinski definition) is 6. The molecule has 0 saturated carbocycles. The first kappa shape index (κ1) is 18.5. The number of carboxylic acid groups (broad SMARTS) is 1. The summed E-state index contributed by atoms with van der Waals surface area (Å²) in [5.74, 6) is 0.687. The van der Waals surface area contributed by atoms with Crippen molar-refractivity contribution in [2.24, 2.45) is 0 Å². The summed E-state index contributed by atoms with van der Waals surface area (Å²) in [6.07, 6.45) is 2.75. The van der Waals surface area contributed by atoms with Crippen LogP contribution in [0.15, 0.2) is 24.4 Å². The number of aromatic nitrogens is 2. The van der Waals surface area contributed by atoms with Gasteiger partial charge in [0.25, 0.3) is 0 Å². The van der Waals surface area contributed by atoms with E-state index in [-0.39, 0.29) is 11.6 Å². The van der Waals surface area contributed by atoms with Crippen molar-refractivity contribution >= 4 is 11.9 Å². The summed E-state index contributed by atoms with van der Waals surface area (Å²) in [7, 11) is 3.18. The summed E-state index contributed by atoms with van der Waals surface area (Å²) in [5.41, 5.74) is 1.65. The number of carbonyl (C=O) groups is 1. The monoisotopic (exact) mass is 345 g/mol. The first-order valence-corrected chi connectivity index (χ1v) is 8.07. The SMILES string of the molecule is CCCc1nc(N[C@H](C)c2ccc(OC)c(OC)c2)ncc1C(=O)O. The van der Waals surface area contributed by atoms with Crippen molar-refractivity contribution in [1.82, 2.24) is 9.97 Å². The zero-order valence-electron chi connectivity index (χ0n) is 14.9. The molecule has 0 radical (unpaired) electrons. The number of benzene rings is 1. The molecule has 1 heterocycles. The summed E-state index contributed by atoms with van der Waals surface area (Å²) >= 11 is 0. The first-order valence-electron chi connectivity index (χ1n) is 8.07. The third-order valence-corrected chi connectivity index (χ3v) is 3.84. The smallest absolute Gasteiger partial charge is 0.339 e. The minimum atomic E-state index is -1.01. The van der Waals surface area contributed by atoms with Crippen LogP contribution in [-0.4, -0.2) is 35.3 Å². The van der Waals surface area contributed by atoms with Crippen LogP contribution in [0.1, 0.15) is 47.9 Å². The van der Waals surface area contributed by atoms with Gasteiger partial charge in [-0.15, -0.1) is 0 Å². The highest BCUT2D eigenvalue weighted by molar-refractivity contribution is 5.88. The number of nitrogens with zero attached hydrogens (tertiary/aromatic N) is 2. The second-order valence-electron chi connectivity index (χ2n) is 5.59. The molecule has 0 unspecified atom stereocenters. The highest BCUT2D eigenvalue weighted by atomic mass is 16.5. The lowest BCUT2D eigenvalue weighted by molar-refractivity contribution is 0.0694. The molecule has 134 valence electrons. The standard InChI is InChI=1S/C18H23N3O4/c1-5-6-14-13(17(22)23)10-19-18(21-14)20-11(2)12-7-8-15(24-3)16(9-12)25-4/h7-11H,5-6H2,1-4H3,(H,22,23)(H,19,20,21)/t11-/m1/s1. The Bertz CT molecular complexity index is 749. The van der Waals surface area contributed by atoms with Gasteiger partial charge in [-0.3, -0.25) is 0 Å². The van der Waals surface area contributed by atoms with Gasteiger partial charge in [-0.2, -0.15) is 0 Å². The molecular formula is C18H23N3O4. The van der Waals surface area contributed by atoms with E-state index >= 15 is 0 Å². The Hall–Kier alpha value is -2.83. The number of aromatic carboxylic acids is 1. The van der Waals surface area contributed by atoms with E-state index in [0.717, 1.165) is 12.0 Å². The van der Waals surface area contributed by atoms with Gasteiger partial charge in [0.2, 0.25) is 5.95 Å². The van der Waals surface area contributed by atoms with Crippen LogP contribution in [-0.2, 0) is 6.42 Å². The topological polar surface area (TPSA) is 93.6 Å². The van der Waals surface area contributed by atoms with Gasteiger partial charge >= 0.3 is 5.97 Å². The number of methoxy groups -OCH3 is 2. The lowest BCUT2D eigenvalue weighted by atomic mass is 10.1. The highest BCUT2D eigenvalue weighted by Gasteiger charge is 2.15. The predicted octanol–water partition coefficient (Wildman–Crippen LogP) is 3.32. The minimum Gasteiger partial charge on any atom is -0.493 e. The third kappa shape index (κ3) is 4.37. The molecule has 0 bridgehead atoms. The van der Waals surface area contributed by atoms with Gasteiger partial charge in [-0.05, 0) is 31.0 Å². The Morgan fingerprint density at radius 1 is 1.28 bits per heavy atom. The third-order valence-electron chi connectivity index (χ3n) is 3.84. The fraction of sp³-hybridized carbons (Fsp3) is 0.389. The molecule has 0 spiro atoms. The first-order chi connectivity index (χ1) is 12.0. The number of aryl methyl sites for hydroxylation is 1. The van der Waals surface area contributed by atoms with Crippen molar-refractivity contribution in [2.75, 3.05) is 19.5 Å². The van der Waals surface area contributed by atoms with Gasteiger partial charge < -0.3 is 19.9 Å². The van der Waals surface area contributed by atoms with Crippen LogP contribution in [0.5, 0.6) is 11.5 Å². The number of anilines is 1. The van der Waals surface area contributed by atoms with Gasteiger partial charge in [0.1, 0.15) is 0 Å². The van der Waals surface area contributed by atoms with E-state index in [0.29, 0.717) is 29.6 Å². The maximum Gasteiger partial charge on any atom is 0.339 e. The summed E-state index contributed by atoms with van der Waals surface area (Å²) in [6, 6.07) is 5.56. The number of hydrogen-bond donors (Lipinski definition) is 2. The lowest BCUT2D eigenvalue weighted by Crippen LogP contribution is -2.13. The molecule has 25 heavy (non-hydrogen) atoms. The van der Waals surface area contributed by atoms with E-state index in [4.69, 9.17) is 9.47 Å². The van der Waals surface area contributed by atoms with Gasteiger partial charge in [-0.1, -0.05) is 19.4 Å². The number of nitrogens with one attached hydrogen (secondary N) is 1. The Labute approximate surface area is 147 Å². The quantitative estimate of drug-likeness (QED) is 0.758. The molecule has 1 aromatic carbocycles. The summed E-state index contributed by atoms with van der Waals surface area (Å²) < 4.78 is 10.6. The largest absolute Gasteiger partial charge is 0.493 e. The van der Waals surface area contributed by atoms with Gasteiger partial charge in [0.15, 0.2) is 11.5 Å². The summed E-state index contributed by atoms with van der Waals surface area (Å²) in [5, 5.41) is 12.4. The van der Waals surface area contributed by atoms with E-state index in [1.165, 1.54) is 6.20 Å². The molecule has 7 nitrogen and oxygen atoms in total. The molecule has 0 aliphatic carbocycles. The average Bonchev–Trinajstić information content (AvgIpc) is 2.61. The van der Waals surface area contributed by atoms with Crippen LogP contribution in [0, 0.1) is 0 Å². The Kier molecular flexibility index (Phi) is 6.16. The molecule has 0 fully saturated rings. The van der Waals surface area contributed by atoms with Crippen molar-refractivity contribution in [3.63, 3.8) is 0 Å². The number of rotatable bonds is 8. The molecule has 0 saturated heterocycles. The molecule has 2 rings (SSSR count). The molecule has 1 aromatic heterocycles. The molecule has 7 heteroatoms. The van der Waals surface area contributed by atoms with E-state index in [2.05, 4.69) is 15.3 Å². The van der Waals surface area contributed by atoms with Crippen LogP contribution >= 0.6 is 0 Å². The van der Waals surface area contributed by atoms with Crippen molar-refractivity contribution in [3.05, 3.63) is 41.2 Å². The fourth-order valence-corrected chi connectivity index (χ4v) is 2.49. The maximum atomic E-state index is 11.3. The molecule has 0 aliphatic rings. The van der Waals surface area contributed by atoms with Gasteiger partial charge in [-0.25, -0.2) is 14.8 Å². The number of carboxylic acids is 1. The Balaban J connectivity index is 2.24. The molecule has 2 N–H and O–H groups in total. The zero-order valence-corrected chi connectivity index (χ0v) is 14.9. The second-order valence-corrected chi connectivity index (χ2v) is 5.59. The van der Waals surface area contributed by atoms with E-state index < -0.39 is 5.97 Å². The normalized spacial score (nSPS) is 11.7. The van der Waals surface area contributed by atoms with E-state index in [1.807, 2.05) is 32.0 Å². The predicted molar refractivity (Wildman–Crippen MR) is 94.6 cm³/mol. The van der Waals surface area contributed by atoms with Crippen LogP contribution in [0.3, 0.4) is 0 Å². The van der Waals surface area contributed by atoms with E-state index in [9.17, 15) is 9.90 Å². The molecule has 1 atom stereocenters. The zero-order chi connectivity index (χ0) is 18.4. The minimum absolute atomic E-state index is 0.0926. The Morgan fingerprint density at radius 3 is 2.60 bits per heavy atom.